The Morgan fingerprint density at radius 1 is 1.40 bits per heavy atom. The molecule has 0 aliphatic heterocycles. The van der Waals surface area contributed by atoms with Crippen molar-refractivity contribution in [1.82, 2.24) is 0 Å². The third-order valence-corrected chi connectivity index (χ3v) is 2.23. The summed E-state index contributed by atoms with van der Waals surface area (Å²) in [6.07, 6.45) is 0.735. The van der Waals surface area contributed by atoms with Crippen molar-refractivity contribution < 1.29 is 14.6 Å². The molecule has 0 saturated heterocycles. The number of aryl methyl sites for hydroxylation is 1. The van der Waals surface area contributed by atoms with Gasteiger partial charge >= 0.3 is 5.97 Å². The second-order valence-electron chi connectivity index (χ2n) is 3.50. The van der Waals surface area contributed by atoms with Crippen molar-refractivity contribution in [2.24, 2.45) is 0 Å². The van der Waals surface area contributed by atoms with Gasteiger partial charge in [0.2, 0.25) is 0 Å². The van der Waals surface area contributed by atoms with Gasteiger partial charge in [-0.3, -0.25) is 4.89 Å². The molecule has 0 amide bonds. The predicted molar refractivity (Wildman–Crippen MR) is 57.4 cm³/mol. The Morgan fingerprint density at radius 2 is 2.07 bits per heavy atom. The average molecular weight is 208 g/mol. The molecule has 0 bridgehead atoms. The maximum Gasteiger partial charge on any atom is 0.373 e. The first-order chi connectivity index (χ1) is 7.15. The van der Waals surface area contributed by atoms with Gasteiger partial charge in [-0.15, -0.1) is 0 Å². The van der Waals surface area contributed by atoms with Gasteiger partial charge in [0.25, 0.3) is 0 Å². The summed E-state index contributed by atoms with van der Waals surface area (Å²) in [6, 6.07) is 7.26. The summed E-state index contributed by atoms with van der Waals surface area (Å²) in [5.41, 5.74) is 1.43. The van der Waals surface area contributed by atoms with Crippen LogP contribution in [-0.2, 0) is 9.78 Å². The monoisotopic (exact) mass is 208 g/mol. The largest absolute Gasteiger partial charge is 0.373 e. The molecule has 82 valence electrons. The van der Waals surface area contributed by atoms with Crippen LogP contribution in [0.1, 0.15) is 36.2 Å². The molecule has 0 radical (unpaired) electrons. The van der Waals surface area contributed by atoms with Gasteiger partial charge in [-0.25, -0.2) is 4.79 Å². The summed E-state index contributed by atoms with van der Waals surface area (Å²) < 4.78 is 0. The molecule has 0 heterocycles. The SMILES string of the molecule is CCC(C)OOC(=O)c1ccccc1C. The van der Waals surface area contributed by atoms with Crippen LogP contribution < -0.4 is 0 Å². The molecular weight excluding hydrogens is 192 g/mol. The molecule has 1 unspecified atom stereocenters. The minimum atomic E-state index is -0.437. The highest BCUT2D eigenvalue weighted by Gasteiger charge is 2.12. The van der Waals surface area contributed by atoms with Gasteiger partial charge in [0.1, 0.15) is 6.10 Å². The van der Waals surface area contributed by atoms with E-state index in [9.17, 15) is 4.79 Å². The zero-order valence-electron chi connectivity index (χ0n) is 9.32. The Labute approximate surface area is 89.9 Å². The van der Waals surface area contributed by atoms with E-state index in [-0.39, 0.29) is 6.10 Å². The number of hydrogen-bond acceptors (Lipinski definition) is 3. The van der Waals surface area contributed by atoms with Crippen LogP contribution in [0.25, 0.3) is 0 Å². The lowest BCUT2D eigenvalue weighted by Crippen LogP contribution is -2.13. The van der Waals surface area contributed by atoms with Gasteiger partial charge in [-0.2, -0.15) is 4.89 Å². The standard InChI is InChI=1S/C12H16O3/c1-4-10(3)14-15-12(13)11-8-6-5-7-9(11)2/h5-8,10H,4H2,1-3H3. The van der Waals surface area contributed by atoms with Crippen LogP contribution >= 0.6 is 0 Å². The van der Waals surface area contributed by atoms with Crippen molar-refractivity contribution in [3.8, 4) is 0 Å². The van der Waals surface area contributed by atoms with Crippen LogP contribution in [0.15, 0.2) is 24.3 Å². The predicted octanol–water partition coefficient (Wildman–Crippen LogP) is 2.88. The first-order valence-corrected chi connectivity index (χ1v) is 5.08. The highest BCUT2D eigenvalue weighted by atomic mass is 17.2. The van der Waals surface area contributed by atoms with Gasteiger partial charge in [-0.1, -0.05) is 25.1 Å². The molecule has 0 aliphatic carbocycles. The van der Waals surface area contributed by atoms with Crippen LogP contribution in [0, 0.1) is 6.92 Å². The topological polar surface area (TPSA) is 35.5 Å². The van der Waals surface area contributed by atoms with E-state index >= 15 is 0 Å². The lowest BCUT2D eigenvalue weighted by atomic mass is 10.1. The van der Waals surface area contributed by atoms with E-state index in [2.05, 4.69) is 0 Å². The number of rotatable bonds is 4. The second-order valence-corrected chi connectivity index (χ2v) is 3.50. The van der Waals surface area contributed by atoms with Crippen LogP contribution in [-0.4, -0.2) is 12.1 Å². The lowest BCUT2D eigenvalue weighted by Gasteiger charge is -2.09. The highest BCUT2D eigenvalue weighted by Crippen LogP contribution is 2.09. The zero-order valence-corrected chi connectivity index (χ0v) is 9.32. The Kier molecular flexibility index (Phi) is 4.31. The molecule has 1 rings (SSSR count). The number of benzene rings is 1. The van der Waals surface area contributed by atoms with E-state index < -0.39 is 5.97 Å². The zero-order chi connectivity index (χ0) is 11.3. The van der Waals surface area contributed by atoms with Crippen molar-refractivity contribution in [3.05, 3.63) is 35.4 Å². The first kappa shape index (κ1) is 11.7. The molecule has 15 heavy (non-hydrogen) atoms. The Bertz CT molecular complexity index is 333. The average Bonchev–Trinajstić information content (AvgIpc) is 2.26. The van der Waals surface area contributed by atoms with Gasteiger partial charge < -0.3 is 0 Å². The molecule has 0 saturated carbocycles. The second kappa shape index (κ2) is 5.51. The molecule has 1 aromatic rings. The number of carbonyl (C=O) groups excluding carboxylic acids is 1. The fourth-order valence-corrected chi connectivity index (χ4v) is 1.04. The summed E-state index contributed by atoms with van der Waals surface area (Å²) >= 11 is 0. The Balaban J connectivity index is 2.58. The molecule has 1 atom stereocenters. The molecule has 0 spiro atoms. The molecule has 0 fully saturated rings. The molecule has 3 nitrogen and oxygen atoms in total. The van der Waals surface area contributed by atoms with Gasteiger partial charge in [0.05, 0.1) is 5.56 Å². The van der Waals surface area contributed by atoms with Crippen LogP contribution in [0.3, 0.4) is 0 Å². The van der Waals surface area contributed by atoms with Crippen molar-refractivity contribution >= 4 is 5.97 Å². The molecular formula is C12H16O3. The maximum atomic E-state index is 11.5. The summed E-state index contributed by atoms with van der Waals surface area (Å²) in [6.45, 7) is 5.68. The maximum absolute atomic E-state index is 11.5. The summed E-state index contributed by atoms with van der Waals surface area (Å²) in [5.74, 6) is -0.437. The van der Waals surface area contributed by atoms with E-state index in [0.717, 1.165) is 12.0 Å². The lowest BCUT2D eigenvalue weighted by molar-refractivity contribution is -0.270. The van der Waals surface area contributed by atoms with Crippen molar-refractivity contribution in [2.45, 2.75) is 33.3 Å². The molecule has 1 aromatic carbocycles. The molecule has 0 N–H and O–H groups in total. The highest BCUT2D eigenvalue weighted by molar-refractivity contribution is 5.90. The van der Waals surface area contributed by atoms with Crippen LogP contribution in [0.4, 0.5) is 0 Å². The van der Waals surface area contributed by atoms with E-state index in [4.69, 9.17) is 9.78 Å². The molecule has 0 aromatic heterocycles. The quantitative estimate of drug-likeness (QED) is 0.563. The third-order valence-electron chi connectivity index (χ3n) is 2.23. The van der Waals surface area contributed by atoms with E-state index in [1.807, 2.05) is 32.9 Å². The number of hydrogen-bond donors (Lipinski definition) is 0. The minimum absolute atomic E-state index is 0.0713. The van der Waals surface area contributed by atoms with E-state index in [1.54, 1.807) is 12.1 Å². The van der Waals surface area contributed by atoms with Crippen molar-refractivity contribution in [1.29, 1.82) is 0 Å². The first-order valence-electron chi connectivity index (χ1n) is 5.08. The fraction of sp³-hybridized carbons (Fsp3) is 0.417. The van der Waals surface area contributed by atoms with Crippen LogP contribution in [0.2, 0.25) is 0 Å². The van der Waals surface area contributed by atoms with Crippen molar-refractivity contribution in [2.75, 3.05) is 0 Å². The smallest absolute Gasteiger partial charge is 0.293 e. The summed E-state index contributed by atoms with van der Waals surface area (Å²) in [7, 11) is 0. The summed E-state index contributed by atoms with van der Waals surface area (Å²) in [4.78, 5) is 21.2. The molecule has 0 aliphatic rings. The third kappa shape index (κ3) is 3.36. The van der Waals surface area contributed by atoms with Gasteiger partial charge in [0.15, 0.2) is 0 Å². The van der Waals surface area contributed by atoms with Crippen molar-refractivity contribution in [3.63, 3.8) is 0 Å². The molecule has 3 heteroatoms. The Hall–Kier alpha value is -1.35. The van der Waals surface area contributed by atoms with Gasteiger partial charge in [-0.05, 0) is 31.9 Å². The fourth-order valence-electron chi connectivity index (χ4n) is 1.04. The summed E-state index contributed by atoms with van der Waals surface area (Å²) in [5, 5.41) is 0. The van der Waals surface area contributed by atoms with E-state index in [0.29, 0.717) is 5.56 Å². The van der Waals surface area contributed by atoms with Gasteiger partial charge in [0, 0.05) is 0 Å². The normalized spacial score (nSPS) is 12.2. The Morgan fingerprint density at radius 3 is 2.67 bits per heavy atom. The van der Waals surface area contributed by atoms with E-state index in [1.165, 1.54) is 0 Å². The van der Waals surface area contributed by atoms with Crippen LogP contribution in [0.5, 0.6) is 0 Å². The minimum Gasteiger partial charge on any atom is -0.293 e. The number of carbonyl (C=O) groups is 1.